The molecule has 0 fully saturated rings. The van der Waals surface area contributed by atoms with Gasteiger partial charge in [-0.3, -0.25) is 4.79 Å². The van der Waals surface area contributed by atoms with Gasteiger partial charge >= 0.3 is 0 Å². The van der Waals surface area contributed by atoms with Gasteiger partial charge < -0.3 is 14.2 Å². The first kappa shape index (κ1) is 21.9. The van der Waals surface area contributed by atoms with Gasteiger partial charge in [-0.05, 0) is 70.0 Å². The van der Waals surface area contributed by atoms with Gasteiger partial charge in [0.2, 0.25) is 0 Å². The Morgan fingerprint density at radius 2 is 1.70 bits per heavy atom. The Bertz CT molecular complexity index is 1080. The Labute approximate surface area is 189 Å². The number of benzene rings is 3. The van der Waals surface area contributed by atoms with Crippen LogP contribution in [0.15, 0.2) is 71.2 Å². The number of halogens is 2. The maximum atomic E-state index is 12.5. The third kappa shape index (κ3) is 5.43. The molecule has 30 heavy (non-hydrogen) atoms. The van der Waals surface area contributed by atoms with E-state index in [0.29, 0.717) is 34.4 Å². The van der Waals surface area contributed by atoms with E-state index in [2.05, 4.69) is 15.9 Å². The molecule has 6 heteroatoms. The summed E-state index contributed by atoms with van der Waals surface area (Å²) in [5.74, 6) is 1.79. The van der Waals surface area contributed by atoms with E-state index in [1.165, 1.54) is 6.08 Å². The molecular formula is C24H20BrClO4. The molecule has 0 heterocycles. The molecule has 3 aromatic carbocycles. The fourth-order valence-corrected chi connectivity index (χ4v) is 3.67. The quantitative estimate of drug-likeness (QED) is 0.265. The number of carbonyl (C=O) groups is 1. The molecule has 0 N–H and O–H groups in total. The number of para-hydroxylation sites is 1. The van der Waals surface area contributed by atoms with Crippen molar-refractivity contribution in [3.05, 3.63) is 92.9 Å². The van der Waals surface area contributed by atoms with E-state index in [0.717, 1.165) is 15.6 Å². The van der Waals surface area contributed by atoms with Gasteiger partial charge in [-0.25, -0.2) is 0 Å². The van der Waals surface area contributed by atoms with Crippen LogP contribution in [0.3, 0.4) is 0 Å². The minimum atomic E-state index is -0.133. The van der Waals surface area contributed by atoms with Crippen LogP contribution in [0, 0.1) is 0 Å². The summed E-state index contributed by atoms with van der Waals surface area (Å²) in [7, 11) is 3.16. The SMILES string of the molecule is COc1ccc(/C=C/C(=O)c2ccccc2OC)cc1COc1ccc(Cl)cc1Br. The maximum Gasteiger partial charge on any atom is 0.189 e. The van der Waals surface area contributed by atoms with Crippen molar-refractivity contribution in [1.82, 2.24) is 0 Å². The number of methoxy groups -OCH3 is 2. The molecule has 0 aromatic heterocycles. The van der Waals surface area contributed by atoms with Crippen molar-refractivity contribution in [2.24, 2.45) is 0 Å². The molecule has 0 amide bonds. The molecule has 0 saturated heterocycles. The first-order valence-corrected chi connectivity index (χ1v) is 10.3. The zero-order valence-corrected chi connectivity index (χ0v) is 18.9. The number of hydrogen-bond donors (Lipinski definition) is 0. The monoisotopic (exact) mass is 486 g/mol. The Kier molecular flexibility index (Phi) is 7.55. The van der Waals surface area contributed by atoms with E-state index in [1.54, 1.807) is 56.7 Å². The summed E-state index contributed by atoms with van der Waals surface area (Å²) >= 11 is 9.42. The van der Waals surface area contributed by atoms with Gasteiger partial charge in [0.05, 0.1) is 24.3 Å². The Hall–Kier alpha value is -2.76. The molecule has 0 bridgehead atoms. The van der Waals surface area contributed by atoms with Crippen molar-refractivity contribution in [3.63, 3.8) is 0 Å². The van der Waals surface area contributed by atoms with E-state index in [4.69, 9.17) is 25.8 Å². The van der Waals surface area contributed by atoms with E-state index < -0.39 is 0 Å². The normalized spacial score (nSPS) is 10.8. The molecule has 3 rings (SSSR count). The van der Waals surface area contributed by atoms with Crippen LogP contribution >= 0.6 is 27.5 Å². The summed E-state index contributed by atoms with van der Waals surface area (Å²) in [5, 5.41) is 0.624. The van der Waals surface area contributed by atoms with E-state index in [9.17, 15) is 4.79 Å². The lowest BCUT2D eigenvalue weighted by atomic mass is 10.1. The average Bonchev–Trinajstić information content (AvgIpc) is 2.76. The topological polar surface area (TPSA) is 44.8 Å². The smallest absolute Gasteiger partial charge is 0.189 e. The summed E-state index contributed by atoms with van der Waals surface area (Å²) < 4.78 is 17.4. The molecule has 154 valence electrons. The second-order valence-corrected chi connectivity index (χ2v) is 7.62. The fourth-order valence-electron chi connectivity index (χ4n) is 2.87. The van der Waals surface area contributed by atoms with E-state index >= 15 is 0 Å². The lowest BCUT2D eigenvalue weighted by Gasteiger charge is -2.12. The predicted molar refractivity (Wildman–Crippen MR) is 123 cm³/mol. The number of allylic oxidation sites excluding steroid dienone is 1. The predicted octanol–water partition coefficient (Wildman–Crippen LogP) is 6.59. The lowest BCUT2D eigenvalue weighted by molar-refractivity contribution is 0.104. The van der Waals surface area contributed by atoms with Crippen molar-refractivity contribution < 1.29 is 19.0 Å². The van der Waals surface area contributed by atoms with E-state index in [1.807, 2.05) is 24.3 Å². The van der Waals surface area contributed by atoms with Crippen molar-refractivity contribution in [1.29, 1.82) is 0 Å². The number of ether oxygens (including phenoxy) is 3. The Morgan fingerprint density at radius 3 is 2.43 bits per heavy atom. The third-order valence-corrected chi connectivity index (χ3v) is 5.24. The largest absolute Gasteiger partial charge is 0.496 e. The summed E-state index contributed by atoms with van der Waals surface area (Å²) in [5.41, 5.74) is 2.22. The van der Waals surface area contributed by atoms with Crippen LogP contribution in [0.2, 0.25) is 5.02 Å². The first-order chi connectivity index (χ1) is 14.5. The molecule has 0 spiro atoms. The van der Waals surface area contributed by atoms with E-state index in [-0.39, 0.29) is 5.78 Å². The molecule has 0 aliphatic carbocycles. The standard InChI is InChI=1S/C24H20BrClO4/c1-28-22-11-8-16(7-10-21(27)19-5-3-4-6-23(19)29-2)13-17(22)15-30-24-12-9-18(26)14-20(24)25/h3-14H,15H2,1-2H3/b10-7+. The van der Waals surface area contributed by atoms with Crippen LogP contribution in [0.5, 0.6) is 17.2 Å². The second kappa shape index (κ2) is 10.3. The minimum Gasteiger partial charge on any atom is -0.496 e. The lowest BCUT2D eigenvalue weighted by Crippen LogP contribution is -2.00. The summed E-state index contributed by atoms with van der Waals surface area (Å²) in [4.78, 5) is 12.5. The van der Waals surface area contributed by atoms with Gasteiger partial charge in [0.15, 0.2) is 5.78 Å². The molecule has 0 radical (unpaired) electrons. The van der Waals surface area contributed by atoms with Gasteiger partial charge in [-0.1, -0.05) is 35.9 Å². The van der Waals surface area contributed by atoms with Gasteiger partial charge in [0.25, 0.3) is 0 Å². The number of hydrogen-bond acceptors (Lipinski definition) is 4. The van der Waals surface area contributed by atoms with Gasteiger partial charge in [-0.2, -0.15) is 0 Å². The van der Waals surface area contributed by atoms with Crippen LogP contribution in [0.4, 0.5) is 0 Å². The van der Waals surface area contributed by atoms with Crippen molar-refractivity contribution in [3.8, 4) is 17.2 Å². The molecule has 4 nitrogen and oxygen atoms in total. The van der Waals surface area contributed by atoms with Crippen molar-refractivity contribution in [2.75, 3.05) is 14.2 Å². The first-order valence-electron chi connectivity index (χ1n) is 9.12. The molecule has 0 saturated carbocycles. The maximum absolute atomic E-state index is 12.5. The van der Waals surface area contributed by atoms with Crippen LogP contribution < -0.4 is 14.2 Å². The Balaban J connectivity index is 1.78. The highest BCUT2D eigenvalue weighted by Crippen LogP contribution is 2.30. The van der Waals surface area contributed by atoms with Gasteiger partial charge in [-0.15, -0.1) is 0 Å². The third-order valence-electron chi connectivity index (χ3n) is 4.38. The number of carbonyl (C=O) groups excluding carboxylic acids is 1. The molecule has 3 aromatic rings. The minimum absolute atomic E-state index is 0.133. The summed E-state index contributed by atoms with van der Waals surface area (Å²) in [6.07, 6.45) is 3.29. The number of rotatable bonds is 8. The fraction of sp³-hybridized carbons (Fsp3) is 0.125. The highest BCUT2D eigenvalue weighted by molar-refractivity contribution is 9.10. The molecule has 0 atom stereocenters. The van der Waals surface area contributed by atoms with Crippen LogP contribution in [0.1, 0.15) is 21.5 Å². The highest BCUT2D eigenvalue weighted by atomic mass is 79.9. The molecular weight excluding hydrogens is 468 g/mol. The molecule has 0 aliphatic heterocycles. The van der Waals surface area contributed by atoms with Gasteiger partial charge in [0.1, 0.15) is 23.9 Å². The summed E-state index contributed by atoms with van der Waals surface area (Å²) in [6, 6.07) is 18.1. The number of ketones is 1. The van der Waals surface area contributed by atoms with Crippen LogP contribution in [-0.2, 0) is 6.61 Å². The zero-order chi connectivity index (χ0) is 21.5. The van der Waals surface area contributed by atoms with Gasteiger partial charge in [0, 0.05) is 10.6 Å². The van der Waals surface area contributed by atoms with Crippen molar-refractivity contribution in [2.45, 2.75) is 6.61 Å². The van der Waals surface area contributed by atoms with Crippen LogP contribution in [-0.4, -0.2) is 20.0 Å². The average molecular weight is 488 g/mol. The highest BCUT2D eigenvalue weighted by Gasteiger charge is 2.10. The zero-order valence-electron chi connectivity index (χ0n) is 16.5. The molecule has 0 unspecified atom stereocenters. The molecule has 0 aliphatic rings. The summed E-state index contributed by atoms with van der Waals surface area (Å²) in [6.45, 7) is 0.297. The van der Waals surface area contributed by atoms with Crippen molar-refractivity contribution >= 4 is 39.4 Å². The Morgan fingerprint density at radius 1 is 0.967 bits per heavy atom. The van der Waals surface area contributed by atoms with Crippen LogP contribution in [0.25, 0.3) is 6.08 Å². The second-order valence-electron chi connectivity index (χ2n) is 6.33.